The van der Waals surface area contributed by atoms with E-state index in [4.69, 9.17) is 11.6 Å². The van der Waals surface area contributed by atoms with Crippen LogP contribution in [0.25, 0.3) is 11.2 Å². The first-order chi connectivity index (χ1) is 8.31. The van der Waals surface area contributed by atoms with Crippen LogP contribution in [0.2, 0.25) is 5.02 Å². The number of nitrogens with one attached hydrogen (secondary N) is 1. The minimum atomic E-state index is 0.692. The Morgan fingerprint density at radius 3 is 3.06 bits per heavy atom. The molecule has 0 spiro atoms. The molecule has 3 aromatic rings. The fraction of sp³-hybridized carbons (Fsp3) is 0.0833. The van der Waals surface area contributed by atoms with Crippen LogP contribution >= 0.6 is 11.6 Å². The first-order valence-corrected chi connectivity index (χ1v) is 5.58. The molecule has 2 aromatic heterocycles. The van der Waals surface area contributed by atoms with Gasteiger partial charge in [-0.2, -0.15) is 0 Å². The molecule has 0 bridgehead atoms. The number of H-pyrrole nitrogens is 1. The van der Waals surface area contributed by atoms with Crippen molar-refractivity contribution in [2.75, 3.05) is 0 Å². The molecule has 0 saturated carbocycles. The van der Waals surface area contributed by atoms with Gasteiger partial charge < -0.3 is 4.98 Å². The summed E-state index contributed by atoms with van der Waals surface area (Å²) in [5.41, 5.74) is 2.66. The third-order valence-corrected chi connectivity index (χ3v) is 2.71. The number of rotatable bonds is 2. The molecule has 84 valence electrons. The SMILES string of the molecule is Clc1cccc(Cc2nc3ncncc3[nH]2)c1. The number of aromatic nitrogens is 4. The minimum Gasteiger partial charge on any atom is -0.339 e. The lowest BCUT2D eigenvalue weighted by atomic mass is 10.1. The van der Waals surface area contributed by atoms with Crippen molar-refractivity contribution >= 4 is 22.8 Å². The molecule has 4 nitrogen and oxygen atoms in total. The Bertz CT molecular complexity index is 629. The summed E-state index contributed by atoms with van der Waals surface area (Å²) in [4.78, 5) is 15.6. The molecule has 0 aliphatic rings. The van der Waals surface area contributed by atoms with Gasteiger partial charge in [-0.15, -0.1) is 0 Å². The van der Waals surface area contributed by atoms with Crippen LogP contribution in [0.5, 0.6) is 0 Å². The Kier molecular flexibility index (Phi) is 2.49. The molecule has 0 aliphatic carbocycles. The van der Waals surface area contributed by atoms with Gasteiger partial charge >= 0.3 is 0 Å². The summed E-state index contributed by atoms with van der Waals surface area (Å²) in [6, 6.07) is 7.74. The lowest BCUT2D eigenvalue weighted by Crippen LogP contribution is -1.90. The normalized spacial score (nSPS) is 10.9. The topological polar surface area (TPSA) is 54.5 Å². The highest BCUT2D eigenvalue weighted by atomic mass is 35.5. The van der Waals surface area contributed by atoms with E-state index < -0.39 is 0 Å². The number of benzene rings is 1. The van der Waals surface area contributed by atoms with E-state index in [1.807, 2.05) is 24.3 Å². The van der Waals surface area contributed by atoms with E-state index >= 15 is 0 Å². The van der Waals surface area contributed by atoms with Gasteiger partial charge in [0.2, 0.25) is 0 Å². The molecule has 0 atom stereocenters. The molecule has 0 radical (unpaired) electrons. The van der Waals surface area contributed by atoms with Crippen molar-refractivity contribution in [2.24, 2.45) is 0 Å². The van der Waals surface area contributed by atoms with Crippen LogP contribution in [0.4, 0.5) is 0 Å². The van der Waals surface area contributed by atoms with Gasteiger partial charge in [0.15, 0.2) is 5.65 Å². The molecule has 0 amide bonds. The lowest BCUT2D eigenvalue weighted by Gasteiger charge is -1.98. The highest BCUT2D eigenvalue weighted by Crippen LogP contribution is 2.14. The average molecular weight is 245 g/mol. The summed E-state index contributed by atoms with van der Waals surface area (Å²) in [7, 11) is 0. The van der Waals surface area contributed by atoms with E-state index in [1.165, 1.54) is 6.33 Å². The van der Waals surface area contributed by atoms with Crippen molar-refractivity contribution in [3.63, 3.8) is 0 Å². The minimum absolute atomic E-state index is 0.692. The first-order valence-electron chi connectivity index (χ1n) is 5.20. The Balaban J connectivity index is 1.94. The fourth-order valence-electron chi connectivity index (χ4n) is 1.74. The summed E-state index contributed by atoms with van der Waals surface area (Å²) in [6.45, 7) is 0. The number of hydrogen-bond acceptors (Lipinski definition) is 3. The zero-order valence-electron chi connectivity index (χ0n) is 8.89. The van der Waals surface area contributed by atoms with Crippen LogP contribution in [-0.4, -0.2) is 19.9 Å². The summed E-state index contributed by atoms with van der Waals surface area (Å²) in [5, 5.41) is 0.735. The summed E-state index contributed by atoms with van der Waals surface area (Å²) in [5.74, 6) is 0.864. The maximum Gasteiger partial charge on any atom is 0.180 e. The van der Waals surface area contributed by atoms with Gasteiger partial charge in [-0.05, 0) is 17.7 Å². The Labute approximate surface area is 103 Å². The summed E-state index contributed by atoms with van der Waals surface area (Å²) in [6.07, 6.45) is 3.92. The maximum atomic E-state index is 5.94. The van der Waals surface area contributed by atoms with Crippen molar-refractivity contribution in [1.82, 2.24) is 19.9 Å². The smallest absolute Gasteiger partial charge is 0.180 e. The molecular weight excluding hydrogens is 236 g/mol. The van der Waals surface area contributed by atoms with Crippen molar-refractivity contribution in [3.05, 3.63) is 53.2 Å². The van der Waals surface area contributed by atoms with Crippen molar-refractivity contribution in [3.8, 4) is 0 Å². The van der Waals surface area contributed by atoms with Crippen LogP contribution in [0.3, 0.4) is 0 Å². The molecule has 2 heterocycles. The average Bonchev–Trinajstić information content (AvgIpc) is 2.71. The summed E-state index contributed by atoms with van der Waals surface area (Å²) >= 11 is 5.94. The Morgan fingerprint density at radius 1 is 1.29 bits per heavy atom. The molecular formula is C12H9ClN4. The van der Waals surface area contributed by atoms with E-state index in [2.05, 4.69) is 19.9 Å². The Hall–Kier alpha value is -1.94. The van der Waals surface area contributed by atoms with Gasteiger partial charge in [-0.25, -0.2) is 15.0 Å². The lowest BCUT2D eigenvalue weighted by molar-refractivity contribution is 1.03. The van der Waals surface area contributed by atoms with E-state index in [0.29, 0.717) is 12.1 Å². The van der Waals surface area contributed by atoms with Crippen LogP contribution in [0, 0.1) is 0 Å². The van der Waals surface area contributed by atoms with Gasteiger partial charge in [0.05, 0.1) is 6.20 Å². The highest BCUT2D eigenvalue weighted by Gasteiger charge is 2.04. The molecule has 17 heavy (non-hydrogen) atoms. The van der Waals surface area contributed by atoms with Crippen molar-refractivity contribution in [2.45, 2.75) is 6.42 Å². The zero-order valence-corrected chi connectivity index (χ0v) is 9.65. The second kappa shape index (κ2) is 4.14. The largest absolute Gasteiger partial charge is 0.339 e. The molecule has 0 aliphatic heterocycles. The van der Waals surface area contributed by atoms with E-state index in [9.17, 15) is 0 Å². The van der Waals surface area contributed by atoms with Gasteiger partial charge in [0, 0.05) is 11.4 Å². The van der Waals surface area contributed by atoms with Crippen LogP contribution < -0.4 is 0 Å². The van der Waals surface area contributed by atoms with Crippen molar-refractivity contribution in [1.29, 1.82) is 0 Å². The molecule has 1 aromatic carbocycles. The zero-order chi connectivity index (χ0) is 11.7. The molecule has 0 saturated heterocycles. The monoisotopic (exact) mass is 244 g/mol. The second-order valence-corrected chi connectivity index (χ2v) is 4.19. The van der Waals surface area contributed by atoms with Gasteiger partial charge in [0.25, 0.3) is 0 Å². The standard InChI is InChI=1S/C12H9ClN4/c13-9-3-1-2-8(4-9)5-11-16-10-6-14-7-15-12(10)17-11/h1-4,6-7H,5H2,(H,14,15,16,17). The number of imidazole rings is 1. The molecule has 1 N–H and O–H groups in total. The molecule has 0 fully saturated rings. The molecule has 0 unspecified atom stereocenters. The number of aromatic amines is 1. The second-order valence-electron chi connectivity index (χ2n) is 3.75. The predicted octanol–water partition coefficient (Wildman–Crippen LogP) is 2.60. The summed E-state index contributed by atoms with van der Waals surface area (Å²) < 4.78 is 0. The van der Waals surface area contributed by atoms with Gasteiger partial charge in [-0.1, -0.05) is 23.7 Å². The number of fused-ring (bicyclic) bond motifs is 1. The highest BCUT2D eigenvalue weighted by molar-refractivity contribution is 6.30. The molecule has 3 rings (SSSR count). The van der Waals surface area contributed by atoms with Crippen molar-refractivity contribution < 1.29 is 0 Å². The van der Waals surface area contributed by atoms with Crippen LogP contribution in [0.1, 0.15) is 11.4 Å². The van der Waals surface area contributed by atoms with E-state index in [-0.39, 0.29) is 0 Å². The van der Waals surface area contributed by atoms with E-state index in [0.717, 1.165) is 21.9 Å². The predicted molar refractivity (Wildman–Crippen MR) is 65.9 cm³/mol. The third-order valence-electron chi connectivity index (χ3n) is 2.47. The number of halogens is 1. The quantitative estimate of drug-likeness (QED) is 0.754. The molecule has 5 heteroatoms. The van der Waals surface area contributed by atoms with Gasteiger partial charge in [-0.3, -0.25) is 0 Å². The maximum absolute atomic E-state index is 5.94. The van der Waals surface area contributed by atoms with Crippen LogP contribution in [-0.2, 0) is 6.42 Å². The third kappa shape index (κ3) is 2.12. The van der Waals surface area contributed by atoms with E-state index in [1.54, 1.807) is 6.20 Å². The number of nitrogens with zero attached hydrogens (tertiary/aromatic N) is 3. The van der Waals surface area contributed by atoms with Crippen LogP contribution in [0.15, 0.2) is 36.8 Å². The Morgan fingerprint density at radius 2 is 2.24 bits per heavy atom. The first kappa shape index (κ1) is 10.2. The number of hydrogen-bond donors (Lipinski definition) is 1. The fourth-order valence-corrected chi connectivity index (χ4v) is 1.95. The van der Waals surface area contributed by atoms with Gasteiger partial charge in [0.1, 0.15) is 17.7 Å².